The van der Waals surface area contributed by atoms with Crippen molar-refractivity contribution in [3.63, 3.8) is 0 Å². The van der Waals surface area contributed by atoms with Gasteiger partial charge in [-0.1, -0.05) is 26.8 Å². The molecule has 1 aromatic rings. The van der Waals surface area contributed by atoms with Crippen LogP contribution in [0.3, 0.4) is 0 Å². The fourth-order valence-electron chi connectivity index (χ4n) is 2.16. The highest BCUT2D eigenvalue weighted by Gasteiger charge is 2.13. The Morgan fingerprint density at radius 2 is 1.78 bits per heavy atom. The van der Waals surface area contributed by atoms with E-state index in [1.54, 1.807) is 12.1 Å². The van der Waals surface area contributed by atoms with E-state index in [0.717, 1.165) is 43.7 Å². The second-order valence-corrected chi connectivity index (χ2v) is 4.50. The zero-order valence-corrected chi connectivity index (χ0v) is 11.8. The number of anilines is 1. The molecule has 0 radical (unpaired) electrons. The molecule has 0 aliphatic carbocycles. The minimum atomic E-state index is -0.106. The normalized spacial score (nSPS) is 10.7. The van der Waals surface area contributed by atoms with E-state index in [-0.39, 0.29) is 5.82 Å². The van der Waals surface area contributed by atoms with E-state index in [9.17, 15) is 4.39 Å². The maximum atomic E-state index is 13.9. The minimum Gasteiger partial charge on any atom is -0.371 e. The average Bonchev–Trinajstić information content (AvgIpc) is 2.37. The smallest absolute Gasteiger partial charge is 0.129 e. The van der Waals surface area contributed by atoms with Crippen molar-refractivity contribution >= 4 is 5.69 Å². The lowest BCUT2D eigenvalue weighted by molar-refractivity contribution is 0.590. The van der Waals surface area contributed by atoms with Crippen LogP contribution >= 0.6 is 0 Å². The lowest BCUT2D eigenvalue weighted by Crippen LogP contribution is -2.27. The van der Waals surface area contributed by atoms with Crippen molar-refractivity contribution in [3.05, 3.63) is 29.6 Å². The Hall–Kier alpha value is -1.09. The molecule has 0 unspecified atom stereocenters. The Bertz CT molecular complexity index is 346. The van der Waals surface area contributed by atoms with E-state index >= 15 is 0 Å². The third-order valence-corrected chi connectivity index (χ3v) is 2.97. The van der Waals surface area contributed by atoms with Crippen LogP contribution in [-0.4, -0.2) is 19.6 Å². The van der Waals surface area contributed by atoms with Gasteiger partial charge in [0.15, 0.2) is 0 Å². The number of hydrogen-bond donors (Lipinski definition) is 1. The van der Waals surface area contributed by atoms with E-state index in [2.05, 4.69) is 24.1 Å². The van der Waals surface area contributed by atoms with Crippen LogP contribution in [0, 0.1) is 5.82 Å². The third-order valence-electron chi connectivity index (χ3n) is 2.97. The molecule has 3 heteroatoms. The number of nitrogens with zero attached hydrogens (tertiary/aromatic N) is 1. The van der Waals surface area contributed by atoms with E-state index in [1.807, 2.05) is 13.0 Å². The fourth-order valence-corrected chi connectivity index (χ4v) is 2.16. The molecule has 2 nitrogen and oxygen atoms in total. The molecule has 0 amide bonds. The van der Waals surface area contributed by atoms with Crippen molar-refractivity contribution in [3.8, 4) is 0 Å². The van der Waals surface area contributed by atoms with Crippen LogP contribution in [0.25, 0.3) is 0 Å². The number of nitrogens with one attached hydrogen (secondary N) is 1. The van der Waals surface area contributed by atoms with Gasteiger partial charge in [0.05, 0.1) is 0 Å². The molecule has 0 aliphatic rings. The molecule has 102 valence electrons. The van der Waals surface area contributed by atoms with Gasteiger partial charge in [-0.2, -0.15) is 0 Å². The molecule has 0 fully saturated rings. The monoisotopic (exact) mass is 252 g/mol. The van der Waals surface area contributed by atoms with Gasteiger partial charge in [-0.05, 0) is 31.5 Å². The molecule has 1 rings (SSSR count). The van der Waals surface area contributed by atoms with Crippen LogP contribution in [0.5, 0.6) is 0 Å². The molecule has 0 saturated heterocycles. The first-order valence-electron chi connectivity index (χ1n) is 6.97. The lowest BCUT2D eigenvalue weighted by atomic mass is 10.1. The standard InChI is InChI=1S/C15H25FN2/c1-4-10-18(11-5-2)15-9-7-8-14(16)13(15)12-17-6-3/h7-9,17H,4-6,10-12H2,1-3H3. The first-order valence-corrected chi connectivity index (χ1v) is 6.97. The maximum Gasteiger partial charge on any atom is 0.129 e. The summed E-state index contributed by atoms with van der Waals surface area (Å²) in [5, 5.41) is 3.22. The summed E-state index contributed by atoms with van der Waals surface area (Å²) in [7, 11) is 0. The summed E-state index contributed by atoms with van der Waals surface area (Å²) in [6.07, 6.45) is 2.16. The average molecular weight is 252 g/mol. The number of halogens is 1. The van der Waals surface area contributed by atoms with Crippen molar-refractivity contribution in [2.45, 2.75) is 40.2 Å². The summed E-state index contributed by atoms with van der Waals surface area (Å²) in [5.41, 5.74) is 1.83. The van der Waals surface area contributed by atoms with Gasteiger partial charge in [0.1, 0.15) is 5.82 Å². The molecule has 0 saturated carbocycles. The quantitative estimate of drug-likeness (QED) is 0.761. The number of benzene rings is 1. The van der Waals surface area contributed by atoms with Crippen LogP contribution < -0.4 is 10.2 Å². The van der Waals surface area contributed by atoms with Gasteiger partial charge in [-0.3, -0.25) is 0 Å². The zero-order chi connectivity index (χ0) is 13.4. The Kier molecular flexibility index (Phi) is 6.73. The molecule has 0 atom stereocenters. The molecule has 0 heterocycles. The van der Waals surface area contributed by atoms with E-state index in [4.69, 9.17) is 0 Å². The molecule has 0 aromatic heterocycles. The maximum absolute atomic E-state index is 13.9. The highest BCUT2D eigenvalue weighted by molar-refractivity contribution is 5.54. The number of rotatable bonds is 8. The van der Waals surface area contributed by atoms with Gasteiger partial charge in [0, 0.05) is 30.9 Å². The van der Waals surface area contributed by atoms with E-state index in [1.165, 1.54) is 0 Å². The van der Waals surface area contributed by atoms with Gasteiger partial charge >= 0.3 is 0 Å². The molecule has 0 aliphatic heterocycles. The summed E-state index contributed by atoms with van der Waals surface area (Å²) in [6.45, 7) is 9.78. The van der Waals surface area contributed by atoms with Crippen LogP contribution in [0.15, 0.2) is 18.2 Å². The number of hydrogen-bond acceptors (Lipinski definition) is 2. The molecule has 1 N–H and O–H groups in total. The topological polar surface area (TPSA) is 15.3 Å². The van der Waals surface area contributed by atoms with E-state index < -0.39 is 0 Å². The SMILES string of the molecule is CCCN(CCC)c1cccc(F)c1CNCC. The minimum absolute atomic E-state index is 0.106. The van der Waals surface area contributed by atoms with Gasteiger partial charge in [-0.25, -0.2) is 4.39 Å². The van der Waals surface area contributed by atoms with Crippen molar-refractivity contribution in [1.29, 1.82) is 0 Å². The second kappa shape index (κ2) is 8.09. The lowest BCUT2D eigenvalue weighted by Gasteiger charge is -2.26. The molecule has 1 aromatic carbocycles. The van der Waals surface area contributed by atoms with Gasteiger partial charge < -0.3 is 10.2 Å². The van der Waals surface area contributed by atoms with Gasteiger partial charge in [0.25, 0.3) is 0 Å². The molecule has 0 bridgehead atoms. The zero-order valence-electron chi connectivity index (χ0n) is 11.8. The van der Waals surface area contributed by atoms with Gasteiger partial charge in [-0.15, -0.1) is 0 Å². The van der Waals surface area contributed by atoms with Crippen molar-refractivity contribution in [1.82, 2.24) is 5.32 Å². The van der Waals surface area contributed by atoms with Gasteiger partial charge in [0.2, 0.25) is 0 Å². The van der Waals surface area contributed by atoms with Crippen molar-refractivity contribution in [2.75, 3.05) is 24.5 Å². The first kappa shape index (κ1) is 15.0. The fraction of sp³-hybridized carbons (Fsp3) is 0.600. The summed E-state index contributed by atoms with van der Waals surface area (Å²) < 4.78 is 13.9. The van der Waals surface area contributed by atoms with Crippen LogP contribution in [-0.2, 0) is 6.54 Å². The Morgan fingerprint density at radius 1 is 1.11 bits per heavy atom. The Balaban J connectivity index is 2.99. The second-order valence-electron chi connectivity index (χ2n) is 4.50. The largest absolute Gasteiger partial charge is 0.371 e. The highest BCUT2D eigenvalue weighted by Crippen LogP contribution is 2.23. The van der Waals surface area contributed by atoms with Crippen LogP contribution in [0.4, 0.5) is 10.1 Å². The third kappa shape index (κ3) is 3.98. The molecule has 18 heavy (non-hydrogen) atoms. The molecule has 0 spiro atoms. The Morgan fingerprint density at radius 3 is 2.33 bits per heavy atom. The highest BCUT2D eigenvalue weighted by atomic mass is 19.1. The van der Waals surface area contributed by atoms with E-state index in [0.29, 0.717) is 6.54 Å². The summed E-state index contributed by atoms with van der Waals surface area (Å²) in [4.78, 5) is 2.29. The van der Waals surface area contributed by atoms with Crippen LogP contribution in [0.1, 0.15) is 39.2 Å². The molecular weight excluding hydrogens is 227 g/mol. The van der Waals surface area contributed by atoms with Crippen LogP contribution in [0.2, 0.25) is 0 Å². The predicted octanol–water partition coefficient (Wildman–Crippen LogP) is 3.56. The summed E-state index contributed by atoms with van der Waals surface area (Å²) in [6, 6.07) is 5.38. The van der Waals surface area contributed by atoms with Crippen molar-refractivity contribution in [2.24, 2.45) is 0 Å². The Labute approximate surface area is 110 Å². The summed E-state index contributed by atoms with van der Waals surface area (Å²) >= 11 is 0. The predicted molar refractivity (Wildman–Crippen MR) is 76.6 cm³/mol. The first-order chi connectivity index (χ1) is 8.74. The summed E-state index contributed by atoms with van der Waals surface area (Å²) in [5.74, 6) is -0.106. The molecular formula is C15H25FN2. The van der Waals surface area contributed by atoms with Crippen molar-refractivity contribution < 1.29 is 4.39 Å².